The van der Waals surface area contributed by atoms with E-state index in [0.717, 1.165) is 12.0 Å². The molecule has 43 heavy (non-hydrogen) atoms. The standard InChI is InChI=1S/C32H39ClN2O7S/c1-22(2)19-35(43(38,39)29-11-9-26(40-3)10-12-29)20-31(36)30(15-23-7-5-4-6-8-23)34-32(37)24-16-25(33)18-28(17-24)42-27-13-14-41-21-27/h4-12,16-18,22,27,30-31,36H,13-15,19-21H2,1-3H3,(H,34,37)/t27-,30+,31-/m1/s1. The highest BCUT2D eigenvalue weighted by Gasteiger charge is 2.32. The molecule has 0 unspecified atom stereocenters. The summed E-state index contributed by atoms with van der Waals surface area (Å²) in [7, 11) is -2.46. The molecule has 1 aliphatic heterocycles. The molecule has 0 aromatic heterocycles. The monoisotopic (exact) mass is 630 g/mol. The molecule has 3 atom stereocenters. The van der Waals surface area contributed by atoms with Crippen LogP contribution < -0.4 is 14.8 Å². The molecule has 1 saturated heterocycles. The predicted octanol–water partition coefficient (Wildman–Crippen LogP) is 4.57. The van der Waals surface area contributed by atoms with Crippen LogP contribution in [0.25, 0.3) is 0 Å². The van der Waals surface area contributed by atoms with Gasteiger partial charge >= 0.3 is 0 Å². The lowest BCUT2D eigenvalue weighted by Gasteiger charge is -2.31. The number of aliphatic hydroxyl groups is 1. The summed E-state index contributed by atoms with van der Waals surface area (Å²) in [6.45, 7) is 4.84. The van der Waals surface area contributed by atoms with Crippen molar-refractivity contribution in [2.24, 2.45) is 5.92 Å². The molecule has 1 aliphatic rings. The zero-order chi connectivity index (χ0) is 31.0. The number of methoxy groups -OCH3 is 1. The maximum Gasteiger partial charge on any atom is 0.251 e. The molecule has 0 aliphatic carbocycles. The SMILES string of the molecule is COc1ccc(S(=O)(=O)N(CC(C)C)C[C@@H](O)[C@H](Cc2ccccc2)NC(=O)c2cc(Cl)cc(O[C@@H]3CCOC3)c2)cc1. The van der Waals surface area contributed by atoms with Gasteiger partial charge in [0.2, 0.25) is 10.0 Å². The van der Waals surface area contributed by atoms with Gasteiger partial charge in [-0.15, -0.1) is 0 Å². The lowest BCUT2D eigenvalue weighted by molar-refractivity contribution is 0.0775. The van der Waals surface area contributed by atoms with Crippen LogP contribution in [0.3, 0.4) is 0 Å². The number of nitrogens with one attached hydrogen (secondary N) is 1. The Morgan fingerprint density at radius 2 is 1.79 bits per heavy atom. The number of nitrogens with zero attached hydrogens (tertiary/aromatic N) is 1. The van der Waals surface area contributed by atoms with Crippen LogP contribution >= 0.6 is 11.6 Å². The molecular weight excluding hydrogens is 592 g/mol. The molecular formula is C32H39ClN2O7S. The molecule has 2 N–H and O–H groups in total. The molecule has 0 spiro atoms. The van der Waals surface area contributed by atoms with Crippen molar-refractivity contribution in [3.63, 3.8) is 0 Å². The Morgan fingerprint density at radius 3 is 2.42 bits per heavy atom. The minimum atomic E-state index is -3.97. The Kier molecular flexibility index (Phi) is 11.5. The molecule has 1 heterocycles. The highest BCUT2D eigenvalue weighted by Crippen LogP contribution is 2.25. The van der Waals surface area contributed by atoms with Gasteiger partial charge in [-0.05, 0) is 60.4 Å². The van der Waals surface area contributed by atoms with E-state index in [2.05, 4.69) is 5.32 Å². The predicted molar refractivity (Wildman–Crippen MR) is 165 cm³/mol. The van der Waals surface area contributed by atoms with Crippen molar-refractivity contribution in [1.82, 2.24) is 9.62 Å². The fourth-order valence-electron chi connectivity index (χ4n) is 4.87. The average Bonchev–Trinajstić information content (AvgIpc) is 3.49. The smallest absolute Gasteiger partial charge is 0.251 e. The summed E-state index contributed by atoms with van der Waals surface area (Å²) in [5, 5.41) is 14.8. The number of aliphatic hydroxyl groups excluding tert-OH is 1. The van der Waals surface area contributed by atoms with Gasteiger partial charge in [-0.2, -0.15) is 4.31 Å². The summed E-state index contributed by atoms with van der Waals surface area (Å²) in [4.78, 5) is 13.6. The van der Waals surface area contributed by atoms with E-state index in [1.807, 2.05) is 44.2 Å². The van der Waals surface area contributed by atoms with Crippen molar-refractivity contribution in [3.8, 4) is 11.5 Å². The van der Waals surface area contributed by atoms with Crippen LogP contribution in [0.5, 0.6) is 11.5 Å². The van der Waals surface area contributed by atoms with Crippen LogP contribution in [0.2, 0.25) is 5.02 Å². The lowest BCUT2D eigenvalue weighted by Crippen LogP contribution is -2.51. The number of carbonyl (C=O) groups excluding carboxylic acids is 1. The van der Waals surface area contributed by atoms with Gasteiger partial charge in [0.05, 0.1) is 37.4 Å². The van der Waals surface area contributed by atoms with E-state index in [0.29, 0.717) is 29.7 Å². The van der Waals surface area contributed by atoms with E-state index in [1.165, 1.54) is 29.6 Å². The van der Waals surface area contributed by atoms with Crippen LogP contribution in [-0.4, -0.2) is 75.4 Å². The highest BCUT2D eigenvalue weighted by atomic mass is 35.5. The van der Waals surface area contributed by atoms with Crippen molar-refractivity contribution in [3.05, 3.63) is 88.9 Å². The maximum absolute atomic E-state index is 13.7. The molecule has 0 radical (unpaired) electrons. The molecule has 1 amide bonds. The third kappa shape index (κ3) is 9.17. The number of sulfonamides is 1. The molecule has 11 heteroatoms. The van der Waals surface area contributed by atoms with E-state index in [9.17, 15) is 18.3 Å². The maximum atomic E-state index is 13.7. The molecule has 3 aromatic carbocycles. The van der Waals surface area contributed by atoms with E-state index < -0.39 is 28.1 Å². The van der Waals surface area contributed by atoms with Crippen LogP contribution in [0, 0.1) is 5.92 Å². The number of amides is 1. The van der Waals surface area contributed by atoms with Gasteiger partial charge in [-0.1, -0.05) is 55.8 Å². The molecule has 9 nitrogen and oxygen atoms in total. The summed E-state index contributed by atoms with van der Waals surface area (Å²) in [5.41, 5.74) is 1.13. The fraction of sp³-hybridized carbons (Fsp3) is 0.406. The first-order valence-electron chi connectivity index (χ1n) is 14.3. The minimum Gasteiger partial charge on any atom is -0.497 e. The van der Waals surface area contributed by atoms with Gasteiger partial charge in [0.15, 0.2) is 0 Å². The Bertz CT molecular complexity index is 1450. The van der Waals surface area contributed by atoms with Crippen molar-refractivity contribution >= 4 is 27.5 Å². The molecule has 1 fully saturated rings. The van der Waals surface area contributed by atoms with Crippen molar-refractivity contribution < 1.29 is 32.5 Å². The minimum absolute atomic E-state index is 0.0162. The van der Waals surface area contributed by atoms with Gasteiger partial charge in [-0.3, -0.25) is 4.79 Å². The molecule has 4 rings (SSSR count). The summed E-state index contributed by atoms with van der Waals surface area (Å²) < 4.78 is 45.2. The zero-order valence-electron chi connectivity index (χ0n) is 24.6. The number of carbonyl (C=O) groups is 1. The fourth-order valence-corrected chi connectivity index (χ4v) is 6.72. The number of benzene rings is 3. The quantitative estimate of drug-likeness (QED) is 0.268. The van der Waals surface area contributed by atoms with Gasteiger partial charge in [0.1, 0.15) is 17.6 Å². The van der Waals surface area contributed by atoms with Crippen LogP contribution in [0.4, 0.5) is 0 Å². The summed E-state index contributed by atoms with van der Waals surface area (Å²) >= 11 is 6.33. The first-order chi connectivity index (χ1) is 20.5. The lowest BCUT2D eigenvalue weighted by atomic mass is 10.00. The number of hydrogen-bond donors (Lipinski definition) is 2. The molecule has 0 bridgehead atoms. The zero-order valence-corrected chi connectivity index (χ0v) is 26.2. The van der Waals surface area contributed by atoms with E-state index in [4.69, 9.17) is 25.8 Å². The Balaban J connectivity index is 1.58. The normalized spacial score (nSPS) is 16.7. The van der Waals surface area contributed by atoms with Crippen LogP contribution in [-0.2, 0) is 21.2 Å². The first-order valence-corrected chi connectivity index (χ1v) is 16.1. The van der Waals surface area contributed by atoms with Gasteiger partial charge in [0.25, 0.3) is 5.91 Å². The number of ether oxygens (including phenoxy) is 3. The van der Waals surface area contributed by atoms with Gasteiger partial charge in [0, 0.05) is 30.1 Å². The van der Waals surface area contributed by atoms with Crippen molar-refractivity contribution in [1.29, 1.82) is 0 Å². The topological polar surface area (TPSA) is 114 Å². The second-order valence-electron chi connectivity index (χ2n) is 11.0. The average molecular weight is 631 g/mol. The second-order valence-corrected chi connectivity index (χ2v) is 13.4. The second kappa shape index (κ2) is 15.0. The van der Waals surface area contributed by atoms with Crippen molar-refractivity contribution in [2.75, 3.05) is 33.4 Å². The largest absolute Gasteiger partial charge is 0.497 e. The van der Waals surface area contributed by atoms with Crippen LogP contribution in [0.1, 0.15) is 36.2 Å². The number of hydrogen-bond acceptors (Lipinski definition) is 7. The van der Waals surface area contributed by atoms with E-state index in [-0.39, 0.29) is 42.0 Å². The van der Waals surface area contributed by atoms with Gasteiger partial charge in [-0.25, -0.2) is 8.42 Å². The Morgan fingerprint density at radius 1 is 1.07 bits per heavy atom. The first kappa shape index (κ1) is 32.8. The van der Waals surface area contributed by atoms with E-state index in [1.54, 1.807) is 24.3 Å². The molecule has 232 valence electrons. The number of halogens is 1. The molecule has 0 saturated carbocycles. The summed E-state index contributed by atoms with van der Waals surface area (Å²) in [6.07, 6.45) is -0.343. The van der Waals surface area contributed by atoms with Crippen LogP contribution in [0.15, 0.2) is 77.7 Å². The Hall–Kier alpha value is -3.15. The molecule has 3 aromatic rings. The highest BCUT2D eigenvalue weighted by molar-refractivity contribution is 7.89. The van der Waals surface area contributed by atoms with Gasteiger partial charge < -0.3 is 24.6 Å². The van der Waals surface area contributed by atoms with Crippen molar-refractivity contribution in [2.45, 2.75) is 49.8 Å². The van der Waals surface area contributed by atoms with E-state index >= 15 is 0 Å². The summed E-state index contributed by atoms with van der Waals surface area (Å²) in [5.74, 6) is 0.495. The summed E-state index contributed by atoms with van der Waals surface area (Å²) in [6, 6.07) is 19.5. The third-order valence-electron chi connectivity index (χ3n) is 7.06. The number of rotatable bonds is 14. The Labute approximate surface area is 258 Å². The third-order valence-corrected chi connectivity index (χ3v) is 9.12.